The molecule has 0 amide bonds. The molecule has 1 aromatic heterocycles. The van der Waals surface area contributed by atoms with Gasteiger partial charge in [0, 0.05) is 26.2 Å². The fourth-order valence-corrected chi connectivity index (χ4v) is 1.85. The third-order valence-electron chi connectivity index (χ3n) is 2.88. The Kier molecular flexibility index (Phi) is 5.00. The van der Waals surface area contributed by atoms with Crippen molar-refractivity contribution in [3.63, 3.8) is 0 Å². The number of aliphatic hydroxyl groups is 1. The molecule has 0 atom stereocenters. The van der Waals surface area contributed by atoms with Crippen molar-refractivity contribution in [2.45, 2.75) is 13.1 Å². The molecule has 102 valence electrons. The lowest BCUT2D eigenvalue weighted by atomic mass is 10.2. The molecule has 0 fully saturated rings. The molecule has 0 aliphatic heterocycles. The van der Waals surface area contributed by atoms with Crippen LogP contribution in [0.2, 0.25) is 0 Å². The maximum absolute atomic E-state index is 12.8. The first kappa shape index (κ1) is 13.6. The quantitative estimate of drug-likeness (QED) is 0.807. The number of aromatic nitrogens is 3. The molecule has 19 heavy (non-hydrogen) atoms. The fourth-order valence-electron chi connectivity index (χ4n) is 1.85. The molecule has 5 nitrogen and oxygen atoms in total. The average Bonchev–Trinajstić information content (AvgIpc) is 2.92. The van der Waals surface area contributed by atoms with E-state index in [9.17, 15) is 4.39 Å². The first-order chi connectivity index (χ1) is 9.28. The van der Waals surface area contributed by atoms with Gasteiger partial charge >= 0.3 is 0 Å². The van der Waals surface area contributed by atoms with E-state index in [2.05, 4.69) is 15.1 Å². The third kappa shape index (κ3) is 4.42. The fraction of sp³-hybridized carbons (Fsp3) is 0.385. The summed E-state index contributed by atoms with van der Waals surface area (Å²) >= 11 is 0. The number of benzene rings is 1. The Bertz CT molecular complexity index is 472. The summed E-state index contributed by atoms with van der Waals surface area (Å²) in [6.45, 7) is 2.90. The molecule has 1 aromatic carbocycles. The van der Waals surface area contributed by atoms with Crippen molar-refractivity contribution in [2.24, 2.45) is 0 Å². The molecule has 0 aliphatic carbocycles. The van der Waals surface area contributed by atoms with E-state index in [-0.39, 0.29) is 12.4 Å². The predicted molar refractivity (Wildman–Crippen MR) is 68.8 cm³/mol. The average molecular weight is 264 g/mol. The van der Waals surface area contributed by atoms with E-state index in [0.717, 1.165) is 18.7 Å². The van der Waals surface area contributed by atoms with E-state index in [4.69, 9.17) is 5.11 Å². The zero-order chi connectivity index (χ0) is 13.5. The minimum Gasteiger partial charge on any atom is -0.395 e. The highest BCUT2D eigenvalue weighted by Gasteiger charge is 2.06. The molecular formula is C13H17FN4O. The molecular weight excluding hydrogens is 247 g/mol. The zero-order valence-corrected chi connectivity index (χ0v) is 10.6. The van der Waals surface area contributed by atoms with Gasteiger partial charge in [0.25, 0.3) is 0 Å². The number of aliphatic hydroxyl groups excluding tert-OH is 1. The molecule has 0 unspecified atom stereocenters. The molecule has 1 heterocycles. The molecule has 0 spiro atoms. The highest BCUT2D eigenvalue weighted by Crippen LogP contribution is 2.06. The van der Waals surface area contributed by atoms with Crippen LogP contribution in [0.5, 0.6) is 0 Å². The van der Waals surface area contributed by atoms with Crippen LogP contribution in [0.3, 0.4) is 0 Å². The Labute approximate surface area is 111 Å². The van der Waals surface area contributed by atoms with Crippen molar-refractivity contribution in [2.75, 3.05) is 19.7 Å². The molecule has 0 bridgehead atoms. The maximum Gasteiger partial charge on any atom is 0.123 e. The number of halogens is 1. The van der Waals surface area contributed by atoms with Crippen molar-refractivity contribution in [3.8, 4) is 0 Å². The van der Waals surface area contributed by atoms with Crippen molar-refractivity contribution < 1.29 is 9.50 Å². The smallest absolute Gasteiger partial charge is 0.123 e. The zero-order valence-electron chi connectivity index (χ0n) is 10.6. The number of hydrogen-bond donors (Lipinski definition) is 1. The normalized spacial score (nSPS) is 11.1. The highest BCUT2D eigenvalue weighted by molar-refractivity contribution is 5.15. The number of nitrogens with zero attached hydrogens (tertiary/aromatic N) is 4. The van der Waals surface area contributed by atoms with Gasteiger partial charge in [0.1, 0.15) is 18.5 Å². The first-order valence-electron chi connectivity index (χ1n) is 6.18. The number of hydrogen-bond acceptors (Lipinski definition) is 4. The molecule has 2 aromatic rings. The summed E-state index contributed by atoms with van der Waals surface area (Å²) in [5, 5.41) is 16.6. The summed E-state index contributed by atoms with van der Waals surface area (Å²) in [7, 11) is 0. The minimum atomic E-state index is -0.234. The Balaban J connectivity index is 1.89. The van der Waals surface area contributed by atoms with Crippen LogP contribution in [0.1, 0.15) is 5.56 Å². The molecule has 0 saturated carbocycles. The highest BCUT2D eigenvalue weighted by atomic mass is 19.1. The summed E-state index contributed by atoms with van der Waals surface area (Å²) in [5.41, 5.74) is 1.03. The topological polar surface area (TPSA) is 54.2 Å². The van der Waals surface area contributed by atoms with Gasteiger partial charge in [-0.15, -0.1) is 10.2 Å². The van der Waals surface area contributed by atoms with Crippen molar-refractivity contribution >= 4 is 0 Å². The van der Waals surface area contributed by atoms with Gasteiger partial charge in [0.05, 0.1) is 6.61 Å². The summed E-state index contributed by atoms with van der Waals surface area (Å²) in [5.74, 6) is -0.234. The van der Waals surface area contributed by atoms with Crippen LogP contribution in [-0.4, -0.2) is 44.5 Å². The van der Waals surface area contributed by atoms with Gasteiger partial charge in [-0.2, -0.15) is 0 Å². The summed E-state index contributed by atoms with van der Waals surface area (Å²) in [4.78, 5) is 2.10. The summed E-state index contributed by atoms with van der Waals surface area (Å²) in [6.07, 6.45) is 3.32. The van der Waals surface area contributed by atoms with E-state index >= 15 is 0 Å². The van der Waals surface area contributed by atoms with Crippen LogP contribution in [-0.2, 0) is 13.1 Å². The van der Waals surface area contributed by atoms with Gasteiger partial charge < -0.3 is 9.67 Å². The number of rotatable bonds is 7. The van der Waals surface area contributed by atoms with Crippen LogP contribution >= 0.6 is 0 Å². The lowest BCUT2D eigenvalue weighted by molar-refractivity contribution is 0.185. The monoisotopic (exact) mass is 264 g/mol. The van der Waals surface area contributed by atoms with Crippen LogP contribution in [0, 0.1) is 5.82 Å². The third-order valence-corrected chi connectivity index (χ3v) is 2.88. The Morgan fingerprint density at radius 2 is 1.79 bits per heavy atom. The summed E-state index contributed by atoms with van der Waals surface area (Å²) < 4.78 is 14.7. The van der Waals surface area contributed by atoms with Crippen LogP contribution < -0.4 is 0 Å². The second kappa shape index (κ2) is 6.96. The Morgan fingerprint density at radius 3 is 2.42 bits per heavy atom. The van der Waals surface area contributed by atoms with Crippen LogP contribution in [0.4, 0.5) is 4.39 Å². The van der Waals surface area contributed by atoms with Gasteiger partial charge in [-0.3, -0.25) is 4.90 Å². The molecule has 0 radical (unpaired) electrons. The van der Waals surface area contributed by atoms with Crippen molar-refractivity contribution in [1.82, 2.24) is 19.7 Å². The van der Waals surface area contributed by atoms with E-state index in [1.807, 2.05) is 4.57 Å². The van der Waals surface area contributed by atoms with E-state index in [1.165, 1.54) is 12.1 Å². The lowest BCUT2D eigenvalue weighted by Gasteiger charge is -2.21. The molecule has 0 aliphatic rings. The van der Waals surface area contributed by atoms with Crippen LogP contribution in [0.15, 0.2) is 36.9 Å². The molecule has 2 rings (SSSR count). The Hall–Kier alpha value is -1.79. The standard InChI is InChI=1S/C13H17FN4O/c14-13-3-1-12(2-4-13)9-17(7-8-19)5-6-18-10-15-16-11-18/h1-4,10-11,19H,5-9H2. The largest absolute Gasteiger partial charge is 0.395 e. The second-order valence-electron chi connectivity index (χ2n) is 4.33. The van der Waals surface area contributed by atoms with Gasteiger partial charge in [-0.05, 0) is 17.7 Å². The van der Waals surface area contributed by atoms with Gasteiger partial charge in [0.2, 0.25) is 0 Å². The molecule has 1 N–H and O–H groups in total. The van der Waals surface area contributed by atoms with Gasteiger partial charge in [0.15, 0.2) is 0 Å². The predicted octanol–water partition coefficient (Wildman–Crippen LogP) is 0.912. The van der Waals surface area contributed by atoms with Crippen LogP contribution in [0.25, 0.3) is 0 Å². The SMILES string of the molecule is OCCN(CCn1cnnc1)Cc1ccc(F)cc1. The minimum absolute atomic E-state index is 0.101. The van der Waals surface area contributed by atoms with E-state index < -0.39 is 0 Å². The van der Waals surface area contributed by atoms with E-state index in [1.54, 1.807) is 24.8 Å². The first-order valence-corrected chi connectivity index (χ1v) is 6.18. The van der Waals surface area contributed by atoms with Gasteiger partial charge in [-0.1, -0.05) is 12.1 Å². The van der Waals surface area contributed by atoms with Crippen molar-refractivity contribution in [1.29, 1.82) is 0 Å². The lowest BCUT2D eigenvalue weighted by Crippen LogP contribution is -2.29. The van der Waals surface area contributed by atoms with Gasteiger partial charge in [-0.25, -0.2) is 4.39 Å². The Morgan fingerprint density at radius 1 is 1.11 bits per heavy atom. The van der Waals surface area contributed by atoms with E-state index in [0.29, 0.717) is 13.1 Å². The molecule has 6 heteroatoms. The second-order valence-corrected chi connectivity index (χ2v) is 4.33. The van der Waals surface area contributed by atoms with Crippen molar-refractivity contribution in [3.05, 3.63) is 48.3 Å². The maximum atomic E-state index is 12.8. The molecule has 0 saturated heterocycles. The summed E-state index contributed by atoms with van der Waals surface area (Å²) in [6, 6.07) is 6.43.